The summed E-state index contributed by atoms with van der Waals surface area (Å²) in [6.07, 6.45) is 10.4. The Morgan fingerprint density at radius 3 is 1.80 bits per heavy atom. The molecule has 0 fully saturated rings. The molecule has 1 rings (SSSR count). The van der Waals surface area contributed by atoms with Crippen LogP contribution in [0.25, 0.3) is 0 Å². The van der Waals surface area contributed by atoms with E-state index in [0.717, 1.165) is 19.3 Å². The second-order valence-electron chi connectivity index (χ2n) is 6.33. The Labute approximate surface area is 151 Å². The zero-order chi connectivity index (χ0) is 18.3. The number of carbonyl (C=O) groups is 2. The molecule has 1 aromatic rings. The average molecular weight is 348 g/mol. The first-order valence-electron chi connectivity index (χ1n) is 9.63. The quantitative estimate of drug-likeness (QED) is 0.346. The minimum Gasteiger partial charge on any atom is -0.462 e. The Morgan fingerprint density at radius 2 is 1.24 bits per heavy atom. The molecule has 1 aromatic carbocycles. The first-order chi connectivity index (χ1) is 12.2. The molecule has 25 heavy (non-hydrogen) atoms. The van der Waals surface area contributed by atoms with Crippen LogP contribution < -0.4 is 0 Å². The molecule has 0 amide bonds. The third-order valence-corrected chi connectivity index (χ3v) is 4.00. The summed E-state index contributed by atoms with van der Waals surface area (Å²) in [5.74, 6) is -0.785. The van der Waals surface area contributed by atoms with E-state index in [0.29, 0.717) is 24.3 Å². The van der Waals surface area contributed by atoms with Gasteiger partial charge >= 0.3 is 11.9 Å². The fourth-order valence-corrected chi connectivity index (χ4v) is 2.54. The average Bonchev–Trinajstić information content (AvgIpc) is 2.64. The largest absolute Gasteiger partial charge is 0.462 e. The van der Waals surface area contributed by atoms with Gasteiger partial charge in [0.05, 0.1) is 24.3 Å². The zero-order valence-corrected chi connectivity index (χ0v) is 15.7. The van der Waals surface area contributed by atoms with Crippen molar-refractivity contribution in [1.82, 2.24) is 0 Å². The van der Waals surface area contributed by atoms with E-state index < -0.39 is 5.97 Å². The van der Waals surface area contributed by atoms with Crippen LogP contribution in [0.3, 0.4) is 0 Å². The molecule has 140 valence electrons. The number of hydrogen-bond acceptors (Lipinski definition) is 4. The molecule has 0 aliphatic rings. The summed E-state index contributed by atoms with van der Waals surface area (Å²) in [7, 11) is 0. The van der Waals surface area contributed by atoms with Crippen LogP contribution in [0, 0.1) is 0 Å². The van der Waals surface area contributed by atoms with E-state index in [4.69, 9.17) is 9.47 Å². The number of esters is 2. The van der Waals surface area contributed by atoms with Crippen molar-refractivity contribution in [2.75, 3.05) is 13.2 Å². The summed E-state index contributed by atoms with van der Waals surface area (Å²) < 4.78 is 10.4. The maximum atomic E-state index is 12.1. The van der Waals surface area contributed by atoms with Crippen molar-refractivity contribution >= 4 is 11.9 Å². The van der Waals surface area contributed by atoms with Crippen molar-refractivity contribution in [1.29, 1.82) is 0 Å². The predicted molar refractivity (Wildman–Crippen MR) is 99.9 cm³/mol. The van der Waals surface area contributed by atoms with Gasteiger partial charge in [0.25, 0.3) is 0 Å². The Bertz CT molecular complexity index is 510. The molecular formula is C21H32O4. The number of unbranched alkanes of at least 4 members (excludes halogenated alkanes) is 7. The summed E-state index contributed by atoms with van der Waals surface area (Å²) >= 11 is 0. The molecular weight excluding hydrogens is 316 g/mol. The lowest BCUT2D eigenvalue weighted by Crippen LogP contribution is -2.10. The fourth-order valence-electron chi connectivity index (χ4n) is 2.54. The number of hydrogen-bond donors (Lipinski definition) is 0. The molecule has 0 saturated carbocycles. The number of benzene rings is 1. The molecule has 0 aliphatic heterocycles. The van der Waals surface area contributed by atoms with Crippen LogP contribution in [0.1, 0.15) is 92.4 Å². The van der Waals surface area contributed by atoms with Crippen molar-refractivity contribution in [2.45, 2.75) is 71.6 Å². The Hall–Kier alpha value is -1.84. The smallest absolute Gasteiger partial charge is 0.338 e. The number of rotatable bonds is 13. The third-order valence-electron chi connectivity index (χ3n) is 4.00. The Kier molecular flexibility index (Phi) is 11.4. The van der Waals surface area contributed by atoms with Crippen molar-refractivity contribution in [3.63, 3.8) is 0 Å². The van der Waals surface area contributed by atoms with Crippen LogP contribution in [-0.2, 0) is 9.47 Å². The summed E-state index contributed by atoms with van der Waals surface area (Å²) in [6, 6.07) is 6.52. The van der Waals surface area contributed by atoms with Gasteiger partial charge in [-0.2, -0.15) is 0 Å². The lowest BCUT2D eigenvalue weighted by Gasteiger charge is -2.07. The highest BCUT2D eigenvalue weighted by Crippen LogP contribution is 2.11. The van der Waals surface area contributed by atoms with Crippen LogP contribution >= 0.6 is 0 Å². The topological polar surface area (TPSA) is 52.6 Å². The van der Waals surface area contributed by atoms with Crippen molar-refractivity contribution in [3.8, 4) is 0 Å². The van der Waals surface area contributed by atoms with E-state index in [2.05, 4.69) is 6.92 Å². The predicted octanol–water partition coefficient (Wildman–Crippen LogP) is 5.55. The van der Waals surface area contributed by atoms with Crippen LogP contribution in [0.2, 0.25) is 0 Å². The van der Waals surface area contributed by atoms with E-state index in [-0.39, 0.29) is 5.97 Å². The summed E-state index contributed by atoms with van der Waals surface area (Å²) in [6.45, 7) is 4.97. The van der Waals surface area contributed by atoms with Crippen LogP contribution in [0.15, 0.2) is 24.3 Å². The molecule has 0 heterocycles. The number of carbonyl (C=O) groups excluding carboxylic acids is 2. The van der Waals surface area contributed by atoms with Gasteiger partial charge in [-0.15, -0.1) is 0 Å². The van der Waals surface area contributed by atoms with Crippen molar-refractivity contribution in [3.05, 3.63) is 35.4 Å². The lowest BCUT2D eigenvalue weighted by atomic mass is 10.1. The zero-order valence-electron chi connectivity index (χ0n) is 15.7. The minimum atomic E-state index is -0.403. The number of ether oxygens (including phenoxy) is 2. The van der Waals surface area contributed by atoms with Gasteiger partial charge in [0.2, 0.25) is 0 Å². The standard InChI is InChI=1S/C21H32O4/c1-3-5-6-7-8-9-10-11-16-25-21(23)19-14-12-13-18(17-19)20(22)24-15-4-2/h12-14,17H,3-11,15-16H2,1-2H3. The highest BCUT2D eigenvalue weighted by Gasteiger charge is 2.12. The van der Waals surface area contributed by atoms with Gasteiger partial charge in [-0.05, 0) is 31.0 Å². The van der Waals surface area contributed by atoms with E-state index >= 15 is 0 Å². The molecule has 0 atom stereocenters. The molecule has 0 bridgehead atoms. The van der Waals surface area contributed by atoms with Gasteiger partial charge in [0.1, 0.15) is 0 Å². The first-order valence-corrected chi connectivity index (χ1v) is 9.63. The molecule has 0 spiro atoms. The summed E-state index contributed by atoms with van der Waals surface area (Å²) in [4.78, 5) is 23.9. The monoisotopic (exact) mass is 348 g/mol. The fraction of sp³-hybridized carbons (Fsp3) is 0.619. The molecule has 0 unspecified atom stereocenters. The van der Waals surface area contributed by atoms with Gasteiger partial charge < -0.3 is 9.47 Å². The molecule has 0 aromatic heterocycles. The van der Waals surface area contributed by atoms with E-state index in [1.165, 1.54) is 44.6 Å². The maximum absolute atomic E-state index is 12.1. The highest BCUT2D eigenvalue weighted by molar-refractivity contribution is 5.95. The van der Waals surface area contributed by atoms with Crippen LogP contribution in [0.5, 0.6) is 0 Å². The summed E-state index contributed by atoms with van der Waals surface area (Å²) in [5, 5.41) is 0. The van der Waals surface area contributed by atoms with Gasteiger partial charge in [-0.1, -0.05) is 64.9 Å². The molecule has 0 saturated heterocycles. The van der Waals surface area contributed by atoms with E-state index in [1.54, 1.807) is 18.2 Å². The Morgan fingerprint density at radius 1 is 0.720 bits per heavy atom. The van der Waals surface area contributed by atoms with Crippen LogP contribution in [-0.4, -0.2) is 25.2 Å². The normalized spacial score (nSPS) is 10.5. The van der Waals surface area contributed by atoms with E-state index in [9.17, 15) is 9.59 Å². The SMILES string of the molecule is CCCCCCCCCCOC(=O)c1cccc(C(=O)OCCC)c1. The second-order valence-corrected chi connectivity index (χ2v) is 6.33. The molecule has 4 nitrogen and oxygen atoms in total. The minimum absolute atomic E-state index is 0.381. The maximum Gasteiger partial charge on any atom is 0.338 e. The summed E-state index contributed by atoms with van der Waals surface area (Å²) in [5.41, 5.74) is 0.778. The Balaban J connectivity index is 2.25. The first kappa shape index (κ1) is 21.2. The van der Waals surface area contributed by atoms with E-state index in [1.807, 2.05) is 6.92 Å². The van der Waals surface area contributed by atoms with Gasteiger partial charge in [-0.3, -0.25) is 0 Å². The van der Waals surface area contributed by atoms with Crippen molar-refractivity contribution in [2.24, 2.45) is 0 Å². The van der Waals surface area contributed by atoms with Gasteiger partial charge in [-0.25, -0.2) is 9.59 Å². The molecule has 0 radical (unpaired) electrons. The molecule has 0 aliphatic carbocycles. The molecule has 0 N–H and O–H groups in total. The van der Waals surface area contributed by atoms with Crippen LogP contribution in [0.4, 0.5) is 0 Å². The third kappa shape index (κ3) is 9.28. The van der Waals surface area contributed by atoms with Gasteiger partial charge in [0, 0.05) is 0 Å². The molecule has 4 heteroatoms. The second kappa shape index (κ2) is 13.5. The van der Waals surface area contributed by atoms with Crippen molar-refractivity contribution < 1.29 is 19.1 Å². The van der Waals surface area contributed by atoms with Gasteiger partial charge in [0.15, 0.2) is 0 Å². The highest BCUT2D eigenvalue weighted by atomic mass is 16.5. The lowest BCUT2D eigenvalue weighted by molar-refractivity contribution is 0.0497.